The summed E-state index contributed by atoms with van der Waals surface area (Å²) in [6.45, 7) is 5.53. The van der Waals surface area contributed by atoms with E-state index in [0.29, 0.717) is 0 Å². The first-order valence-electron chi connectivity index (χ1n) is 5.47. The highest BCUT2D eigenvalue weighted by molar-refractivity contribution is 5.98. The van der Waals surface area contributed by atoms with Crippen molar-refractivity contribution >= 4 is 5.78 Å². The number of carbonyl (C=O) groups excluding carboxylic acids is 1. The van der Waals surface area contributed by atoms with Crippen molar-refractivity contribution in [1.29, 1.82) is 0 Å². The van der Waals surface area contributed by atoms with Crippen molar-refractivity contribution in [2.75, 3.05) is 0 Å². The third-order valence-electron chi connectivity index (χ3n) is 1.77. The molecule has 0 radical (unpaired) electrons. The molecule has 0 aliphatic rings. The van der Waals surface area contributed by atoms with Crippen LogP contribution in [0.5, 0.6) is 0 Å². The molecule has 84 valence electrons. The number of allylic oxidation sites excluding steroid dienone is 7. The summed E-state index contributed by atoms with van der Waals surface area (Å²) in [4.78, 5) is 10.7. The molecule has 0 aliphatic heterocycles. The fourth-order valence-corrected chi connectivity index (χ4v) is 0.889. The van der Waals surface area contributed by atoms with Gasteiger partial charge in [0.25, 0.3) is 0 Å². The predicted molar refractivity (Wildman–Crippen MR) is 69.9 cm³/mol. The van der Waals surface area contributed by atoms with Gasteiger partial charge in [-0.05, 0) is 30.7 Å². The third-order valence-corrected chi connectivity index (χ3v) is 1.77. The Balaban J connectivity index is 3.79. The molecule has 0 unspecified atom stereocenters. The highest BCUT2D eigenvalue weighted by atomic mass is 16.1. The molecule has 0 fully saturated rings. The average molecular weight is 214 g/mol. The van der Waals surface area contributed by atoms with Crippen molar-refractivity contribution in [2.45, 2.75) is 26.2 Å². The van der Waals surface area contributed by atoms with Crippen LogP contribution in [0.3, 0.4) is 0 Å². The number of hydrogen-bond acceptors (Lipinski definition) is 1. The fraction of sp³-hybridized carbons (Fsp3) is 0.267. The van der Waals surface area contributed by atoms with Gasteiger partial charge in [-0.2, -0.15) is 0 Å². The number of rotatable bonds is 6. The smallest absolute Gasteiger partial charge is 0.178 e. The standard InChI is InChI=1S/C15H18O/c1-3-5-6-7-8-9-10-11-12-13-14-15(16)4-2/h4,7-10,13-14H,2-3,5-6H2,1H3. The minimum absolute atomic E-state index is 0.127. The van der Waals surface area contributed by atoms with Crippen molar-refractivity contribution < 1.29 is 4.79 Å². The van der Waals surface area contributed by atoms with E-state index in [1.54, 1.807) is 6.08 Å². The quantitative estimate of drug-likeness (QED) is 0.286. The van der Waals surface area contributed by atoms with Crippen LogP contribution in [0.2, 0.25) is 0 Å². The Bertz CT molecular complexity index is 345. The van der Waals surface area contributed by atoms with Gasteiger partial charge in [0.2, 0.25) is 0 Å². The minimum atomic E-state index is -0.127. The molecule has 1 heteroatoms. The zero-order valence-corrected chi connectivity index (χ0v) is 9.78. The van der Waals surface area contributed by atoms with Gasteiger partial charge in [0.1, 0.15) is 0 Å². The fourth-order valence-electron chi connectivity index (χ4n) is 0.889. The van der Waals surface area contributed by atoms with Crippen molar-refractivity contribution in [3.8, 4) is 11.8 Å². The molecule has 0 aromatic heterocycles. The lowest BCUT2D eigenvalue weighted by Crippen LogP contribution is -1.80. The summed E-state index contributed by atoms with van der Waals surface area (Å²) in [7, 11) is 0. The Hall–Kier alpha value is -1.81. The minimum Gasteiger partial charge on any atom is -0.290 e. The zero-order chi connectivity index (χ0) is 12.1. The maximum absolute atomic E-state index is 10.7. The molecular formula is C15H18O. The summed E-state index contributed by atoms with van der Waals surface area (Å²) in [5, 5.41) is 0. The Morgan fingerprint density at radius 3 is 2.69 bits per heavy atom. The highest BCUT2D eigenvalue weighted by Crippen LogP contribution is 1.94. The number of ketones is 1. The number of hydrogen-bond donors (Lipinski definition) is 0. The second-order valence-corrected chi connectivity index (χ2v) is 3.16. The number of unbranched alkanes of at least 4 members (excludes halogenated alkanes) is 2. The van der Waals surface area contributed by atoms with Crippen LogP contribution in [0.4, 0.5) is 0 Å². The first-order chi connectivity index (χ1) is 7.81. The Morgan fingerprint density at radius 2 is 2.00 bits per heavy atom. The van der Waals surface area contributed by atoms with Crippen molar-refractivity contribution in [3.05, 3.63) is 49.1 Å². The lowest BCUT2D eigenvalue weighted by atomic mass is 10.2. The van der Waals surface area contributed by atoms with Crippen LogP contribution in [0.25, 0.3) is 0 Å². The van der Waals surface area contributed by atoms with E-state index >= 15 is 0 Å². The Labute approximate surface area is 98.3 Å². The summed E-state index contributed by atoms with van der Waals surface area (Å²) in [5.74, 6) is 5.41. The number of carbonyl (C=O) groups is 1. The molecule has 1 nitrogen and oxygen atoms in total. The van der Waals surface area contributed by atoms with Crippen LogP contribution in [-0.2, 0) is 4.79 Å². The van der Waals surface area contributed by atoms with Crippen molar-refractivity contribution in [1.82, 2.24) is 0 Å². The van der Waals surface area contributed by atoms with E-state index in [9.17, 15) is 4.79 Å². The molecule has 0 saturated carbocycles. The first kappa shape index (κ1) is 14.2. The van der Waals surface area contributed by atoms with Crippen LogP contribution in [0, 0.1) is 11.8 Å². The molecule has 0 heterocycles. The molecule has 0 rings (SSSR count). The lowest BCUT2D eigenvalue weighted by Gasteiger charge is -1.84. The molecule has 0 atom stereocenters. The van der Waals surface area contributed by atoms with E-state index in [4.69, 9.17) is 0 Å². The molecule has 0 N–H and O–H groups in total. The average Bonchev–Trinajstić information content (AvgIpc) is 2.31. The topological polar surface area (TPSA) is 17.1 Å². The summed E-state index contributed by atoms with van der Waals surface area (Å²) >= 11 is 0. The molecule has 0 aromatic carbocycles. The molecule has 0 spiro atoms. The first-order valence-corrected chi connectivity index (χ1v) is 5.47. The highest BCUT2D eigenvalue weighted by Gasteiger charge is 1.80. The maximum atomic E-state index is 10.7. The van der Waals surface area contributed by atoms with Gasteiger partial charge in [-0.25, -0.2) is 0 Å². The Kier molecular flexibility index (Phi) is 9.99. The van der Waals surface area contributed by atoms with Gasteiger partial charge in [0.15, 0.2) is 5.78 Å². The van der Waals surface area contributed by atoms with Crippen molar-refractivity contribution in [2.24, 2.45) is 0 Å². The van der Waals surface area contributed by atoms with Gasteiger partial charge >= 0.3 is 0 Å². The summed E-state index contributed by atoms with van der Waals surface area (Å²) < 4.78 is 0. The van der Waals surface area contributed by atoms with E-state index in [0.717, 1.165) is 6.42 Å². The van der Waals surface area contributed by atoms with E-state index in [1.807, 2.05) is 12.2 Å². The van der Waals surface area contributed by atoms with Gasteiger partial charge in [-0.15, -0.1) is 0 Å². The molecule has 0 aromatic rings. The summed E-state index contributed by atoms with van der Waals surface area (Å²) in [6.07, 6.45) is 15.5. The molecule has 0 bridgehead atoms. The van der Waals surface area contributed by atoms with E-state index in [1.165, 1.54) is 31.1 Å². The molecule has 0 amide bonds. The van der Waals surface area contributed by atoms with Crippen molar-refractivity contribution in [3.63, 3.8) is 0 Å². The van der Waals surface area contributed by atoms with Gasteiger partial charge in [-0.3, -0.25) is 4.79 Å². The van der Waals surface area contributed by atoms with Crippen LogP contribution < -0.4 is 0 Å². The summed E-state index contributed by atoms with van der Waals surface area (Å²) in [5.41, 5.74) is 0. The van der Waals surface area contributed by atoms with Crippen LogP contribution in [0.1, 0.15) is 26.2 Å². The van der Waals surface area contributed by atoms with Crippen LogP contribution in [-0.4, -0.2) is 5.78 Å². The zero-order valence-electron chi connectivity index (χ0n) is 9.78. The van der Waals surface area contributed by atoms with Gasteiger partial charge in [-0.1, -0.05) is 56.4 Å². The van der Waals surface area contributed by atoms with E-state index in [-0.39, 0.29) is 5.78 Å². The molecular weight excluding hydrogens is 196 g/mol. The van der Waals surface area contributed by atoms with Gasteiger partial charge in [0.05, 0.1) is 0 Å². The Morgan fingerprint density at radius 1 is 1.25 bits per heavy atom. The van der Waals surface area contributed by atoms with Gasteiger partial charge in [0, 0.05) is 0 Å². The van der Waals surface area contributed by atoms with E-state index in [2.05, 4.69) is 31.4 Å². The van der Waals surface area contributed by atoms with Crippen LogP contribution in [0.15, 0.2) is 49.1 Å². The third kappa shape index (κ3) is 10.3. The van der Waals surface area contributed by atoms with Crippen LogP contribution >= 0.6 is 0 Å². The van der Waals surface area contributed by atoms with Gasteiger partial charge < -0.3 is 0 Å². The molecule has 0 aliphatic carbocycles. The lowest BCUT2D eigenvalue weighted by molar-refractivity contribution is -0.110. The summed E-state index contributed by atoms with van der Waals surface area (Å²) in [6, 6.07) is 0. The van der Waals surface area contributed by atoms with E-state index < -0.39 is 0 Å². The molecule has 16 heavy (non-hydrogen) atoms. The monoisotopic (exact) mass is 214 g/mol. The normalized spacial score (nSPS) is 10.8. The second-order valence-electron chi connectivity index (χ2n) is 3.16. The predicted octanol–water partition coefficient (Wildman–Crippen LogP) is 3.60. The molecule has 0 saturated heterocycles. The second kappa shape index (κ2) is 11.3. The largest absolute Gasteiger partial charge is 0.290 e. The SMILES string of the molecule is C=CC(=O)C=CC#CC=CC=CCCCC. The maximum Gasteiger partial charge on any atom is 0.178 e.